The largest absolute Gasteiger partial charge is 0.326 e. The fraction of sp³-hybridized carbons (Fsp3) is 0.0357. The first-order valence-corrected chi connectivity index (χ1v) is 10.4. The highest BCUT2D eigenvalue weighted by atomic mass is 15.3. The predicted octanol–water partition coefficient (Wildman–Crippen LogP) is 7.11. The average molecular weight is 399 g/mol. The second kappa shape index (κ2) is 6.71. The van der Waals surface area contributed by atoms with E-state index >= 15 is 0 Å². The summed E-state index contributed by atoms with van der Waals surface area (Å²) in [4.78, 5) is 1.92. The van der Waals surface area contributed by atoms with Crippen molar-refractivity contribution in [1.29, 1.82) is 5.41 Å². The molecular formula is C28H21N3. The number of nitrogens with one attached hydrogen (secondary N) is 2. The van der Waals surface area contributed by atoms with E-state index in [9.17, 15) is 0 Å². The Balaban J connectivity index is 1.39. The van der Waals surface area contributed by atoms with E-state index in [1.165, 1.54) is 32.5 Å². The van der Waals surface area contributed by atoms with Gasteiger partial charge in [-0.15, -0.1) is 0 Å². The lowest BCUT2D eigenvalue weighted by molar-refractivity contribution is 1.22. The Hall–Kier alpha value is -4.11. The molecule has 0 aliphatic heterocycles. The molecule has 6 rings (SSSR count). The minimum Gasteiger partial charge on any atom is -0.326 e. The van der Waals surface area contributed by atoms with Crippen LogP contribution in [0.4, 0.5) is 11.4 Å². The van der Waals surface area contributed by atoms with Crippen molar-refractivity contribution in [1.82, 2.24) is 0 Å². The first-order chi connectivity index (χ1) is 15.2. The van der Waals surface area contributed by atoms with Crippen molar-refractivity contribution in [3.05, 3.63) is 96.1 Å². The second-order valence-corrected chi connectivity index (χ2v) is 8.04. The number of hydrogen-bond donors (Lipinski definition) is 2. The molecule has 0 radical (unpaired) electrons. The van der Waals surface area contributed by atoms with Crippen molar-refractivity contribution < 1.29 is 0 Å². The molecular weight excluding hydrogens is 378 g/mol. The van der Waals surface area contributed by atoms with Gasteiger partial charge in [0, 0.05) is 23.7 Å². The number of anilines is 2. The summed E-state index contributed by atoms with van der Waals surface area (Å²) in [6.07, 6.45) is 4.28. The molecule has 0 unspecified atom stereocenters. The number of fused-ring (bicyclic) bond motifs is 2. The van der Waals surface area contributed by atoms with Gasteiger partial charge in [-0.3, -0.25) is 5.41 Å². The van der Waals surface area contributed by atoms with E-state index < -0.39 is 0 Å². The fourth-order valence-electron chi connectivity index (χ4n) is 4.61. The van der Waals surface area contributed by atoms with E-state index in [1.54, 1.807) is 0 Å². The quantitative estimate of drug-likeness (QED) is 0.185. The molecule has 0 atom stereocenters. The first-order valence-electron chi connectivity index (χ1n) is 10.4. The van der Waals surface area contributed by atoms with Crippen molar-refractivity contribution in [3.63, 3.8) is 0 Å². The Kier molecular flexibility index (Phi) is 3.84. The third kappa shape index (κ3) is 2.78. The normalized spacial score (nSPS) is 12.0. The molecule has 0 saturated carbocycles. The molecule has 0 saturated heterocycles. The van der Waals surface area contributed by atoms with E-state index in [4.69, 9.17) is 5.41 Å². The molecule has 3 nitrogen and oxygen atoms in total. The Morgan fingerprint density at radius 3 is 2.35 bits per heavy atom. The molecule has 0 heterocycles. The number of hydrogen-bond acceptors (Lipinski definition) is 1. The van der Waals surface area contributed by atoms with Gasteiger partial charge in [-0.1, -0.05) is 72.8 Å². The second-order valence-electron chi connectivity index (χ2n) is 8.04. The molecule has 2 N–H and O–H groups in total. The van der Waals surface area contributed by atoms with Gasteiger partial charge in [-0.2, -0.15) is 0 Å². The van der Waals surface area contributed by atoms with Crippen LogP contribution in [0.15, 0.2) is 84.9 Å². The van der Waals surface area contributed by atoms with E-state index in [0.717, 1.165) is 22.3 Å². The Bertz CT molecular complexity index is 1550. The highest BCUT2D eigenvalue weighted by molar-refractivity contribution is 6.14. The molecule has 0 bridgehead atoms. The summed E-state index contributed by atoms with van der Waals surface area (Å²) in [7, 11) is 1.95. The Morgan fingerprint density at radius 1 is 0.742 bits per heavy atom. The highest BCUT2D eigenvalue weighted by Crippen LogP contribution is 2.36. The van der Waals surface area contributed by atoms with E-state index in [-0.39, 0.29) is 0 Å². The summed E-state index contributed by atoms with van der Waals surface area (Å²) in [5.41, 5.74) is 4.34. The minimum atomic E-state index is 0.342. The topological polar surface area (TPSA) is 39.1 Å². The van der Waals surface area contributed by atoms with Gasteiger partial charge in [0.1, 0.15) is 0 Å². The van der Waals surface area contributed by atoms with Gasteiger partial charge >= 0.3 is 0 Å². The van der Waals surface area contributed by atoms with Crippen molar-refractivity contribution in [2.24, 2.45) is 0 Å². The molecule has 0 aromatic heterocycles. The van der Waals surface area contributed by atoms with Crippen LogP contribution >= 0.6 is 0 Å². The minimum absolute atomic E-state index is 0.342. The maximum Gasteiger partial charge on any atom is 0.199 e. The van der Waals surface area contributed by atoms with Crippen LogP contribution in [0.1, 0.15) is 11.1 Å². The van der Waals surface area contributed by atoms with Crippen LogP contribution in [0.5, 0.6) is 0 Å². The van der Waals surface area contributed by atoms with Gasteiger partial charge in [0.05, 0.1) is 5.69 Å². The number of guanidine groups is 1. The third-order valence-electron chi connectivity index (χ3n) is 6.22. The summed E-state index contributed by atoms with van der Waals surface area (Å²) in [6, 6.07) is 29.6. The Labute approximate surface area is 180 Å². The molecule has 0 amide bonds. The van der Waals surface area contributed by atoms with Gasteiger partial charge in [-0.05, 0) is 56.8 Å². The smallest absolute Gasteiger partial charge is 0.199 e. The molecule has 1 aliphatic carbocycles. The molecule has 0 fully saturated rings. The van der Waals surface area contributed by atoms with Crippen molar-refractivity contribution in [2.75, 3.05) is 17.3 Å². The zero-order valence-corrected chi connectivity index (χ0v) is 17.2. The zero-order valence-electron chi connectivity index (χ0n) is 17.2. The van der Waals surface area contributed by atoms with Gasteiger partial charge in [-0.25, -0.2) is 0 Å². The summed E-state index contributed by atoms with van der Waals surface area (Å²) < 4.78 is 0. The van der Waals surface area contributed by atoms with Gasteiger partial charge in [0.2, 0.25) is 0 Å². The van der Waals surface area contributed by atoms with Crippen LogP contribution in [0.2, 0.25) is 0 Å². The van der Waals surface area contributed by atoms with Gasteiger partial charge in [0.25, 0.3) is 0 Å². The zero-order chi connectivity index (χ0) is 20.9. The van der Waals surface area contributed by atoms with Crippen LogP contribution in [0.3, 0.4) is 0 Å². The third-order valence-corrected chi connectivity index (χ3v) is 6.22. The highest BCUT2D eigenvalue weighted by Gasteiger charge is 2.16. The van der Waals surface area contributed by atoms with Crippen LogP contribution < -0.4 is 10.2 Å². The predicted molar refractivity (Wildman–Crippen MR) is 134 cm³/mol. The lowest BCUT2D eigenvalue weighted by Crippen LogP contribution is -2.32. The van der Waals surface area contributed by atoms with E-state index in [1.807, 2.05) is 11.9 Å². The van der Waals surface area contributed by atoms with Crippen molar-refractivity contribution >= 4 is 61.8 Å². The molecule has 148 valence electrons. The summed E-state index contributed by atoms with van der Waals surface area (Å²) in [6.45, 7) is 0. The lowest BCUT2D eigenvalue weighted by atomic mass is 10.0. The van der Waals surface area contributed by atoms with Crippen LogP contribution in [-0.2, 0) is 0 Å². The molecule has 1 aliphatic rings. The summed E-state index contributed by atoms with van der Waals surface area (Å²) >= 11 is 0. The van der Waals surface area contributed by atoms with Gasteiger partial charge in [0.15, 0.2) is 5.96 Å². The SMILES string of the molecule is CN(C(=N)Nc1ccc2cccc3c2c1C=C3)c1cccc2cc3ccccc3cc12. The number of nitrogens with zero attached hydrogens (tertiary/aromatic N) is 1. The van der Waals surface area contributed by atoms with Crippen molar-refractivity contribution in [2.45, 2.75) is 0 Å². The molecule has 3 heteroatoms. The maximum atomic E-state index is 8.80. The Morgan fingerprint density at radius 2 is 1.48 bits per heavy atom. The number of benzene rings is 5. The maximum absolute atomic E-state index is 8.80. The van der Waals surface area contributed by atoms with Crippen LogP contribution in [0, 0.1) is 5.41 Å². The molecule has 5 aromatic rings. The molecule has 31 heavy (non-hydrogen) atoms. The molecule has 0 spiro atoms. The monoisotopic (exact) mass is 399 g/mol. The summed E-state index contributed by atoms with van der Waals surface area (Å²) in [5.74, 6) is 0.342. The molecule has 5 aromatic carbocycles. The van der Waals surface area contributed by atoms with Gasteiger partial charge < -0.3 is 10.2 Å². The fourth-order valence-corrected chi connectivity index (χ4v) is 4.61. The van der Waals surface area contributed by atoms with E-state index in [0.29, 0.717) is 5.96 Å². The average Bonchev–Trinajstić information content (AvgIpc) is 3.24. The van der Waals surface area contributed by atoms with E-state index in [2.05, 4.69) is 102 Å². The standard InChI is InChI=1S/C28H21N3/c1-31(26-11-5-10-22-16-20-6-2-3-7-21(20)17-24(22)26)28(29)30-25-15-13-19-9-4-8-18-12-14-23(25)27(18)19/h2-17H,1H3,(H2,29,30). The van der Waals surface area contributed by atoms with Crippen LogP contribution in [0.25, 0.3) is 44.5 Å². The number of rotatable bonds is 2. The lowest BCUT2D eigenvalue weighted by Gasteiger charge is -2.23. The summed E-state index contributed by atoms with van der Waals surface area (Å²) in [5, 5.41) is 19.4. The first kappa shape index (κ1) is 17.7. The van der Waals surface area contributed by atoms with Crippen molar-refractivity contribution in [3.8, 4) is 0 Å². The van der Waals surface area contributed by atoms with Crippen LogP contribution in [-0.4, -0.2) is 13.0 Å².